The van der Waals surface area contributed by atoms with Gasteiger partial charge in [0.1, 0.15) is 16.1 Å². The molecule has 96 valence electrons. The van der Waals surface area contributed by atoms with Crippen molar-refractivity contribution in [2.45, 2.75) is 32.8 Å². The van der Waals surface area contributed by atoms with E-state index in [2.05, 4.69) is 16.9 Å². The summed E-state index contributed by atoms with van der Waals surface area (Å²) in [5.74, 6) is 1.32. The van der Waals surface area contributed by atoms with Crippen LogP contribution in [-0.2, 0) is 4.74 Å². The SMILES string of the molecule is CCOC(c1nc(Cl)c2cc(C)sc2n1)C1CC1. The third-order valence-electron chi connectivity index (χ3n) is 3.14. The average molecular weight is 283 g/mol. The van der Waals surface area contributed by atoms with Crippen molar-refractivity contribution in [3.05, 3.63) is 21.9 Å². The standard InChI is InChI=1S/C13H15ClN2OS/c1-3-17-10(8-4-5-8)12-15-11(14)9-6-7(2)18-13(9)16-12/h6,8,10H,3-5H2,1-2H3. The molecule has 1 aliphatic carbocycles. The highest BCUT2D eigenvalue weighted by molar-refractivity contribution is 7.18. The monoisotopic (exact) mass is 282 g/mol. The van der Waals surface area contributed by atoms with E-state index >= 15 is 0 Å². The Morgan fingerprint density at radius 2 is 2.28 bits per heavy atom. The van der Waals surface area contributed by atoms with Gasteiger partial charge in [-0.1, -0.05) is 11.6 Å². The van der Waals surface area contributed by atoms with Gasteiger partial charge in [-0.05, 0) is 38.7 Å². The average Bonchev–Trinajstić information content (AvgIpc) is 3.08. The van der Waals surface area contributed by atoms with Crippen LogP contribution in [-0.4, -0.2) is 16.6 Å². The van der Waals surface area contributed by atoms with Crippen LogP contribution in [0.4, 0.5) is 0 Å². The van der Waals surface area contributed by atoms with Crippen LogP contribution in [0.5, 0.6) is 0 Å². The number of nitrogens with zero attached hydrogens (tertiary/aromatic N) is 2. The Balaban J connectivity index is 2.04. The molecular formula is C13H15ClN2OS. The van der Waals surface area contributed by atoms with Crippen LogP contribution in [0.1, 0.15) is 36.6 Å². The van der Waals surface area contributed by atoms with Crippen molar-refractivity contribution in [3.63, 3.8) is 0 Å². The lowest BCUT2D eigenvalue weighted by Crippen LogP contribution is -2.10. The number of aromatic nitrogens is 2. The molecule has 1 aliphatic rings. The highest BCUT2D eigenvalue weighted by Crippen LogP contribution is 2.43. The fourth-order valence-corrected chi connectivity index (χ4v) is 3.32. The second-order valence-corrected chi connectivity index (χ2v) is 6.25. The molecule has 3 rings (SSSR count). The molecule has 3 nitrogen and oxygen atoms in total. The molecule has 0 saturated heterocycles. The van der Waals surface area contributed by atoms with Crippen LogP contribution in [0, 0.1) is 12.8 Å². The van der Waals surface area contributed by atoms with E-state index in [9.17, 15) is 0 Å². The smallest absolute Gasteiger partial charge is 0.160 e. The van der Waals surface area contributed by atoms with Gasteiger partial charge in [0.2, 0.25) is 0 Å². The van der Waals surface area contributed by atoms with Gasteiger partial charge in [0, 0.05) is 16.9 Å². The molecule has 2 aromatic heterocycles. The number of thiophene rings is 1. The third kappa shape index (κ3) is 2.25. The fourth-order valence-electron chi connectivity index (χ4n) is 2.15. The summed E-state index contributed by atoms with van der Waals surface area (Å²) in [7, 11) is 0. The normalized spacial score (nSPS) is 17.3. The van der Waals surface area contributed by atoms with Crippen molar-refractivity contribution < 1.29 is 4.74 Å². The van der Waals surface area contributed by atoms with E-state index in [4.69, 9.17) is 16.3 Å². The largest absolute Gasteiger partial charge is 0.370 e. The highest BCUT2D eigenvalue weighted by atomic mass is 35.5. The van der Waals surface area contributed by atoms with Gasteiger partial charge in [-0.25, -0.2) is 9.97 Å². The highest BCUT2D eigenvalue weighted by Gasteiger charge is 2.35. The number of fused-ring (bicyclic) bond motifs is 1. The minimum atomic E-state index is 0.0132. The van der Waals surface area contributed by atoms with Crippen molar-refractivity contribution in [1.29, 1.82) is 0 Å². The molecular weight excluding hydrogens is 268 g/mol. The van der Waals surface area contributed by atoms with Gasteiger partial charge < -0.3 is 4.74 Å². The second-order valence-electron chi connectivity index (χ2n) is 4.66. The van der Waals surface area contributed by atoms with E-state index in [1.807, 2.05) is 13.0 Å². The van der Waals surface area contributed by atoms with E-state index in [1.165, 1.54) is 17.7 Å². The summed E-state index contributed by atoms with van der Waals surface area (Å²) in [5.41, 5.74) is 0. The van der Waals surface area contributed by atoms with Gasteiger partial charge in [0.25, 0.3) is 0 Å². The summed E-state index contributed by atoms with van der Waals surface area (Å²) in [6.45, 7) is 4.75. The zero-order valence-corrected chi connectivity index (χ0v) is 12.0. The molecule has 1 saturated carbocycles. The van der Waals surface area contributed by atoms with Crippen LogP contribution in [0.25, 0.3) is 10.2 Å². The first-order valence-electron chi connectivity index (χ1n) is 6.24. The molecule has 18 heavy (non-hydrogen) atoms. The maximum Gasteiger partial charge on any atom is 0.160 e. The molecule has 1 unspecified atom stereocenters. The Morgan fingerprint density at radius 3 is 2.94 bits per heavy atom. The lowest BCUT2D eigenvalue weighted by molar-refractivity contribution is 0.0403. The van der Waals surface area contributed by atoms with E-state index in [0.717, 1.165) is 16.0 Å². The van der Waals surface area contributed by atoms with Crippen LogP contribution in [0.15, 0.2) is 6.07 Å². The summed E-state index contributed by atoms with van der Waals surface area (Å²) in [4.78, 5) is 11.2. The summed E-state index contributed by atoms with van der Waals surface area (Å²) in [6.07, 6.45) is 2.42. The first-order valence-corrected chi connectivity index (χ1v) is 7.43. The molecule has 5 heteroatoms. The summed E-state index contributed by atoms with van der Waals surface area (Å²) < 4.78 is 5.78. The Morgan fingerprint density at radius 1 is 1.50 bits per heavy atom. The number of rotatable bonds is 4. The Kier molecular flexibility index (Phi) is 3.26. The van der Waals surface area contributed by atoms with Crippen molar-refractivity contribution in [2.75, 3.05) is 6.61 Å². The van der Waals surface area contributed by atoms with Gasteiger partial charge in [0.15, 0.2) is 5.82 Å². The zero-order valence-electron chi connectivity index (χ0n) is 10.4. The Bertz CT molecular complexity index is 580. The first-order chi connectivity index (χ1) is 8.69. The fraction of sp³-hybridized carbons (Fsp3) is 0.538. The Labute approximate surface area is 115 Å². The molecule has 0 N–H and O–H groups in total. The minimum absolute atomic E-state index is 0.0132. The van der Waals surface area contributed by atoms with Crippen LogP contribution in [0.2, 0.25) is 5.15 Å². The molecule has 0 spiro atoms. The summed E-state index contributed by atoms with van der Waals surface area (Å²) in [6, 6.07) is 2.04. The van der Waals surface area contributed by atoms with E-state index in [-0.39, 0.29) is 6.10 Å². The summed E-state index contributed by atoms with van der Waals surface area (Å²) >= 11 is 7.90. The lowest BCUT2D eigenvalue weighted by Gasteiger charge is -2.14. The number of hydrogen-bond acceptors (Lipinski definition) is 4. The van der Waals surface area contributed by atoms with E-state index < -0.39 is 0 Å². The zero-order chi connectivity index (χ0) is 12.7. The maximum atomic E-state index is 6.24. The van der Waals surface area contributed by atoms with Crippen LogP contribution < -0.4 is 0 Å². The predicted molar refractivity (Wildman–Crippen MR) is 74.3 cm³/mol. The van der Waals surface area contributed by atoms with E-state index in [1.54, 1.807) is 11.3 Å². The Hall–Kier alpha value is -0.710. The van der Waals surface area contributed by atoms with Crippen LogP contribution >= 0.6 is 22.9 Å². The number of aryl methyl sites for hydroxylation is 1. The topological polar surface area (TPSA) is 35.0 Å². The van der Waals surface area contributed by atoms with Gasteiger partial charge in [0.05, 0.1) is 0 Å². The maximum absolute atomic E-state index is 6.24. The predicted octanol–water partition coefficient (Wildman–Crippen LogP) is 4.14. The summed E-state index contributed by atoms with van der Waals surface area (Å²) in [5, 5.41) is 1.50. The van der Waals surface area contributed by atoms with Crippen molar-refractivity contribution in [3.8, 4) is 0 Å². The molecule has 0 aliphatic heterocycles. The number of hydrogen-bond donors (Lipinski definition) is 0. The molecule has 0 radical (unpaired) electrons. The van der Waals surface area contributed by atoms with Gasteiger partial charge in [-0.2, -0.15) is 0 Å². The number of ether oxygens (including phenoxy) is 1. The first kappa shape index (κ1) is 12.3. The van der Waals surface area contributed by atoms with Gasteiger partial charge >= 0.3 is 0 Å². The van der Waals surface area contributed by atoms with Crippen molar-refractivity contribution >= 4 is 33.2 Å². The van der Waals surface area contributed by atoms with Gasteiger partial charge in [-0.15, -0.1) is 11.3 Å². The van der Waals surface area contributed by atoms with E-state index in [0.29, 0.717) is 17.7 Å². The lowest BCUT2D eigenvalue weighted by atomic mass is 10.2. The molecule has 1 atom stereocenters. The third-order valence-corrected chi connectivity index (χ3v) is 4.37. The molecule has 2 heterocycles. The van der Waals surface area contributed by atoms with Crippen LogP contribution in [0.3, 0.4) is 0 Å². The van der Waals surface area contributed by atoms with Crippen molar-refractivity contribution in [2.24, 2.45) is 5.92 Å². The molecule has 2 aromatic rings. The molecule has 0 aromatic carbocycles. The van der Waals surface area contributed by atoms with Gasteiger partial charge in [-0.3, -0.25) is 0 Å². The molecule has 0 amide bonds. The minimum Gasteiger partial charge on any atom is -0.370 e. The molecule has 0 bridgehead atoms. The molecule has 1 fully saturated rings. The van der Waals surface area contributed by atoms with Crippen molar-refractivity contribution in [1.82, 2.24) is 9.97 Å². The quantitative estimate of drug-likeness (QED) is 0.791. The second kappa shape index (κ2) is 4.76. The number of halogens is 1.